The van der Waals surface area contributed by atoms with E-state index in [0.29, 0.717) is 11.3 Å². The van der Waals surface area contributed by atoms with Crippen molar-refractivity contribution in [1.29, 1.82) is 0 Å². The summed E-state index contributed by atoms with van der Waals surface area (Å²) >= 11 is 0. The van der Waals surface area contributed by atoms with Gasteiger partial charge in [-0.25, -0.2) is 13.8 Å². The smallest absolute Gasteiger partial charge is 0.416 e. The van der Waals surface area contributed by atoms with Gasteiger partial charge in [0.2, 0.25) is 5.88 Å². The van der Waals surface area contributed by atoms with Crippen molar-refractivity contribution < 1.29 is 49.4 Å². The number of carbonyl (C=O) groups excluding carboxylic acids is 2. The Labute approximate surface area is 268 Å². The fourth-order valence-electron chi connectivity index (χ4n) is 5.63. The Bertz CT molecular complexity index is 1770. The number of aryl methyl sites for hydroxylation is 1. The number of H-pyrrole nitrogens is 1. The molecule has 0 spiro atoms. The molecule has 1 aliphatic carbocycles. The quantitative estimate of drug-likeness (QED) is 0.169. The molecule has 17 heteroatoms. The monoisotopic (exact) mass is 686 g/mol. The summed E-state index contributed by atoms with van der Waals surface area (Å²) in [5.41, 5.74) is -0.751. The van der Waals surface area contributed by atoms with E-state index in [4.69, 9.17) is 4.74 Å². The van der Waals surface area contributed by atoms with Gasteiger partial charge in [0.15, 0.2) is 12.3 Å². The minimum Gasteiger partial charge on any atom is -0.471 e. The predicted octanol–water partition coefficient (Wildman–Crippen LogP) is 6.33. The number of carbonyl (C=O) groups is 2. The molecule has 258 valence electrons. The molecule has 1 aliphatic rings. The highest BCUT2D eigenvalue weighted by Crippen LogP contribution is 2.38. The van der Waals surface area contributed by atoms with E-state index in [1.54, 1.807) is 29.9 Å². The average Bonchev–Trinajstić information content (AvgIpc) is 3.62. The maximum Gasteiger partial charge on any atom is 0.416 e. The standard InChI is InChI=1S/C31H30F8N6O3/c1-45-10-2-3-23(45)28(47)40-14-16-4-9-21(31(37,38)39)17(11-16)12-25-42-22-13-20(29(44-26(22)43-25)48-15-24(32)33)27(46)41-19-7-5-18(6-8-19)30(34,35)36/h2-4,9-11,13,18-19,24H,5-8,12,14-15H2,1H3,(H,40,47)(H,41,46)(H,42,43,44). The summed E-state index contributed by atoms with van der Waals surface area (Å²) in [6, 6.07) is 7.24. The van der Waals surface area contributed by atoms with Crippen LogP contribution in [0.4, 0.5) is 35.1 Å². The average molecular weight is 687 g/mol. The first-order valence-corrected chi connectivity index (χ1v) is 14.8. The molecule has 48 heavy (non-hydrogen) atoms. The number of benzene rings is 1. The van der Waals surface area contributed by atoms with Gasteiger partial charge >= 0.3 is 12.4 Å². The van der Waals surface area contributed by atoms with E-state index in [0.717, 1.165) is 6.07 Å². The molecule has 0 radical (unpaired) electrons. The van der Waals surface area contributed by atoms with Crippen molar-refractivity contribution in [2.45, 2.75) is 63.5 Å². The van der Waals surface area contributed by atoms with Crippen molar-refractivity contribution in [3.8, 4) is 5.88 Å². The summed E-state index contributed by atoms with van der Waals surface area (Å²) < 4.78 is 114. The third kappa shape index (κ3) is 8.23. The van der Waals surface area contributed by atoms with Crippen LogP contribution in [0.3, 0.4) is 0 Å². The van der Waals surface area contributed by atoms with Gasteiger partial charge in [-0.2, -0.15) is 31.3 Å². The Morgan fingerprint density at radius 3 is 2.38 bits per heavy atom. The first kappa shape index (κ1) is 34.6. The number of nitrogens with one attached hydrogen (secondary N) is 3. The zero-order valence-corrected chi connectivity index (χ0v) is 25.3. The summed E-state index contributed by atoms with van der Waals surface area (Å²) in [6.07, 6.45) is -11.0. The van der Waals surface area contributed by atoms with E-state index >= 15 is 0 Å². The van der Waals surface area contributed by atoms with Gasteiger partial charge in [-0.05, 0) is 61.1 Å². The van der Waals surface area contributed by atoms with Crippen LogP contribution in [-0.4, -0.2) is 56.6 Å². The van der Waals surface area contributed by atoms with Crippen LogP contribution in [0.5, 0.6) is 5.88 Å². The van der Waals surface area contributed by atoms with E-state index in [1.807, 2.05) is 0 Å². The van der Waals surface area contributed by atoms with Crippen molar-refractivity contribution in [2.24, 2.45) is 13.0 Å². The second-order valence-corrected chi connectivity index (χ2v) is 11.5. The number of imidazole rings is 1. The molecule has 0 aliphatic heterocycles. The Balaban J connectivity index is 1.38. The van der Waals surface area contributed by atoms with Gasteiger partial charge in [0.1, 0.15) is 17.1 Å². The van der Waals surface area contributed by atoms with Gasteiger partial charge in [0.25, 0.3) is 18.2 Å². The molecule has 1 saturated carbocycles. The van der Waals surface area contributed by atoms with E-state index < -0.39 is 60.6 Å². The van der Waals surface area contributed by atoms with Crippen molar-refractivity contribution in [3.63, 3.8) is 0 Å². The highest BCUT2D eigenvalue weighted by atomic mass is 19.4. The van der Waals surface area contributed by atoms with Crippen LogP contribution in [0.25, 0.3) is 11.2 Å². The molecule has 4 aromatic rings. The molecule has 2 amide bonds. The fraction of sp³-hybridized carbons (Fsp3) is 0.419. The molecule has 3 heterocycles. The molecule has 3 N–H and O–H groups in total. The van der Waals surface area contributed by atoms with Gasteiger partial charge in [0, 0.05) is 32.3 Å². The van der Waals surface area contributed by atoms with Crippen molar-refractivity contribution in [3.05, 3.63) is 76.4 Å². The Kier molecular flexibility index (Phi) is 9.96. The van der Waals surface area contributed by atoms with Crippen LogP contribution >= 0.6 is 0 Å². The highest BCUT2D eigenvalue weighted by molar-refractivity contribution is 5.99. The van der Waals surface area contributed by atoms with Crippen molar-refractivity contribution in [1.82, 2.24) is 30.2 Å². The summed E-state index contributed by atoms with van der Waals surface area (Å²) in [6.45, 7) is -1.20. The lowest BCUT2D eigenvalue weighted by molar-refractivity contribution is -0.182. The van der Waals surface area contributed by atoms with Gasteiger partial charge in [-0.3, -0.25) is 9.59 Å². The molecule has 9 nitrogen and oxygen atoms in total. The van der Waals surface area contributed by atoms with Crippen LogP contribution in [0.2, 0.25) is 0 Å². The number of hydrogen-bond acceptors (Lipinski definition) is 5. The number of aromatic amines is 1. The summed E-state index contributed by atoms with van der Waals surface area (Å²) in [7, 11) is 1.67. The Hall–Kier alpha value is -4.70. The van der Waals surface area contributed by atoms with Crippen LogP contribution in [0.15, 0.2) is 42.6 Å². The number of hydrogen-bond donors (Lipinski definition) is 3. The molecular formula is C31H30F8N6O3. The first-order valence-electron chi connectivity index (χ1n) is 14.8. The molecule has 1 aromatic carbocycles. The van der Waals surface area contributed by atoms with Crippen LogP contribution in [0, 0.1) is 5.92 Å². The van der Waals surface area contributed by atoms with E-state index in [2.05, 4.69) is 25.6 Å². The number of nitrogens with zero attached hydrogens (tertiary/aromatic N) is 3. The second kappa shape index (κ2) is 13.8. The molecule has 1 fully saturated rings. The lowest BCUT2D eigenvalue weighted by Crippen LogP contribution is -2.40. The second-order valence-electron chi connectivity index (χ2n) is 11.5. The maximum absolute atomic E-state index is 14.0. The maximum atomic E-state index is 14.0. The van der Waals surface area contributed by atoms with E-state index in [-0.39, 0.29) is 66.8 Å². The van der Waals surface area contributed by atoms with E-state index in [1.165, 1.54) is 18.2 Å². The predicted molar refractivity (Wildman–Crippen MR) is 155 cm³/mol. The summed E-state index contributed by atoms with van der Waals surface area (Å²) in [5, 5.41) is 5.27. The van der Waals surface area contributed by atoms with Crippen molar-refractivity contribution in [2.75, 3.05) is 6.61 Å². The number of ether oxygens (including phenoxy) is 1. The van der Waals surface area contributed by atoms with E-state index in [9.17, 15) is 44.7 Å². The van der Waals surface area contributed by atoms with Crippen LogP contribution in [0.1, 0.15) is 69.0 Å². The zero-order valence-electron chi connectivity index (χ0n) is 25.3. The number of halogens is 8. The number of aromatic nitrogens is 4. The lowest BCUT2D eigenvalue weighted by atomic mass is 9.85. The number of fused-ring (bicyclic) bond motifs is 1. The highest BCUT2D eigenvalue weighted by Gasteiger charge is 2.41. The number of amides is 2. The van der Waals surface area contributed by atoms with Gasteiger partial charge in [-0.15, -0.1) is 0 Å². The minimum absolute atomic E-state index is 0.00385. The molecular weight excluding hydrogens is 656 g/mol. The minimum atomic E-state index is -4.73. The molecule has 0 unspecified atom stereocenters. The molecule has 5 rings (SSSR count). The first-order chi connectivity index (χ1) is 22.6. The topological polar surface area (TPSA) is 114 Å². The zero-order chi connectivity index (χ0) is 34.8. The lowest BCUT2D eigenvalue weighted by Gasteiger charge is -2.30. The summed E-state index contributed by atoms with van der Waals surface area (Å²) in [4.78, 5) is 36.7. The van der Waals surface area contributed by atoms with Crippen molar-refractivity contribution >= 4 is 23.0 Å². The third-order valence-electron chi connectivity index (χ3n) is 8.07. The van der Waals surface area contributed by atoms with Gasteiger partial charge < -0.3 is 24.9 Å². The Morgan fingerprint density at radius 2 is 1.75 bits per heavy atom. The molecule has 0 atom stereocenters. The largest absolute Gasteiger partial charge is 0.471 e. The number of rotatable bonds is 10. The SMILES string of the molecule is Cn1cccc1C(=O)NCc1ccc(C(F)(F)F)c(Cc2nc3nc(OCC(F)F)c(C(=O)NC4CCC(C(F)(F)F)CC4)cc3[nH]2)c1. The van der Waals surface area contributed by atoms with Crippen LogP contribution < -0.4 is 15.4 Å². The van der Waals surface area contributed by atoms with Crippen LogP contribution in [-0.2, 0) is 26.2 Å². The fourth-order valence-corrected chi connectivity index (χ4v) is 5.63. The number of alkyl halides is 8. The third-order valence-corrected chi connectivity index (χ3v) is 8.07. The van der Waals surface area contributed by atoms with Gasteiger partial charge in [-0.1, -0.05) is 12.1 Å². The summed E-state index contributed by atoms with van der Waals surface area (Å²) in [5.74, 6) is -3.26. The molecule has 3 aromatic heterocycles. The molecule has 0 bridgehead atoms. The Morgan fingerprint density at radius 1 is 1.02 bits per heavy atom. The number of pyridine rings is 1. The van der Waals surface area contributed by atoms with Gasteiger partial charge in [0.05, 0.1) is 17.0 Å². The normalized spacial score (nSPS) is 17.1. The molecule has 0 saturated heterocycles.